The number of amides is 1. The van der Waals surface area contributed by atoms with Crippen molar-refractivity contribution in [3.63, 3.8) is 0 Å². The van der Waals surface area contributed by atoms with Gasteiger partial charge in [0.25, 0.3) is 0 Å². The third-order valence-corrected chi connectivity index (χ3v) is 5.84. The van der Waals surface area contributed by atoms with E-state index in [1.807, 2.05) is 51.1 Å². The number of para-hydroxylation sites is 1. The minimum Gasteiger partial charge on any atom is -0.467 e. The lowest BCUT2D eigenvalue weighted by Gasteiger charge is -2.14. The Morgan fingerprint density at radius 2 is 2.00 bits per heavy atom. The fraction of sp³-hybridized carbons (Fsp3) is 0.278. The molecule has 2 aromatic heterocycles. The van der Waals surface area contributed by atoms with E-state index in [2.05, 4.69) is 20.8 Å². The van der Waals surface area contributed by atoms with Gasteiger partial charge in [0.1, 0.15) is 5.76 Å². The van der Waals surface area contributed by atoms with Crippen LogP contribution in [0.15, 0.2) is 45.4 Å². The van der Waals surface area contributed by atoms with Gasteiger partial charge < -0.3 is 15.1 Å². The second kappa shape index (κ2) is 8.37. The molecule has 0 radical (unpaired) electrons. The largest absolute Gasteiger partial charge is 0.467 e. The molecule has 0 fully saturated rings. The van der Waals surface area contributed by atoms with Gasteiger partial charge in [-0.25, -0.2) is 0 Å². The van der Waals surface area contributed by atoms with Crippen LogP contribution in [0.4, 0.5) is 10.8 Å². The highest BCUT2D eigenvalue weighted by Crippen LogP contribution is 2.30. The number of rotatable bonds is 7. The number of furan rings is 1. The molecule has 2 N–H and O–H groups in total. The highest BCUT2D eigenvalue weighted by atomic mass is 32.2. The number of carbonyl (C=O) groups excluding carboxylic acids is 1. The molecule has 136 valence electrons. The smallest absolute Gasteiger partial charge is 0.237 e. The third kappa shape index (κ3) is 4.64. The summed E-state index contributed by atoms with van der Waals surface area (Å²) in [6.45, 7) is 6.39. The number of anilines is 2. The Morgan fingerprint density at radius 3 is 2.69 bits per heavy atom. The van der Waals surface area contributed by atoms with E-state index in [-0.39, 0.29) is 11.2 Å². The summed E-state index contributed by atoms with van der Waals surface area (Å²) in [5.74, 6) is 0.781. The Hall–Kier alpha value is -2.32. The van der Waals surface area contributed by atoms with Crippen LogP contribution in [0.2, 0.25) is 0 Å². The minimum absolute atomic E-state index is 0.0484. The number of hydrogen-bond acceptors (Lipinski definition) is 7. The van der Waals surface area contributed by atoms with Crippen LogP contribution >= 0.6 is 23.1 Å². The molecule has 26 heavy (non-hydrogen) atoms. The molecule has 0 aliphatic rings. The normalized spacial score (nSPS) is 12.0. The first-order valence-electron chi connectivity index (χ1n) is 8.16. The van der Waals surface area contributed by atoms with E-state index in [0.717, 1.165) is 26.9 Å². The topological polar surface area (TPSA) is 80.0 Å². The Kier molecular flexibility index (Phi) is 5.95. The van der Waals surface area contributed by atoms with Crippen LogP contribution in [0.25, 0.3) is 0 Å². The van der Waals surface area contributed by atoms with Crippen LogP contribution in [0, 0.1) is 13.8 Å². The number of nitrogens with one attached hydrogen (secondary N) is 2. The third-order valence-electron chi connectivity index (χ3n) is 3.78. The number of aromatic nitrogens is 2. The zero-order chi connectivity index (χ0) is 18.5. The van der Waals surface area contributed by atoms with Gasteiger partial charge in [-0.2, -0.15) is 0 Å². The van der Waals surface area contributed by atoms with Crippen molar-refractivity contribution >= 4 is 39.8 Å². The van der Waals surface area contributed by atoms with Crippen LogP contribution in [-0.4, -0.2) is 21.4 Å². The van der Waals surface area contributed by atoms with Gasteiger partial charge in [-0.15, -0.1) is 10.2 Å². The summed E-state index contributed by atoms with van der Waals surface area (Å²) in [5.41, 5.74) is 2.98. The van der Waals surface area contributed by atoms with E-state index in [0.29, 0.717) is 11.7 Å². The monoisotopic (exact) mass is 388 g/mol. The van der Waals surface area contributed by atoms with Gasteiger partial charge in [-0.05, 0) is 44.0 Å². The Balaban J connectivity index is 1.55. The van der Waals surface area contributed by atoms with Crippen molar-refractivity contribution in [1.82, 2.24) is 10.2 Å². The molecule has 0 aliphatic heterocycles. The van der Waals surface area contributed by atoms with E-state index in [9.17, 15) is 4.79 Å². The number of benzene rings is 1. The molecule has 6 nitrogen and oxygen atoms in total. The van der Waals surface area contributed by atoms with Crippen LogP contribution in [0.1, 0.15) is 23.8 Å². The van der Waals surface area contributed by atoms with Crippen molar-refractivity contribution in [3.05, 3.63) is 53.5 Å². The molecule has 1 unspecified atom stereocenters. The maximum atomic E-state index is 12.5. The van der Waals surface area contributed by atoms with Gasteiger partial charge in [0.05, 0.1) is 18.1 Å². The molecule has 8 heteroatoms. The fourth-order valence-corrected chi connectivity index (χ4v) is 4.24. The molecular formula is C18H20N4O2S2. The Morgan fingerprint density at radius 1 is 1.23 bits per heavy atom. The highest BCUT2D eigenvalue weighted by Gasteiger charge is 2.18. The van der Waals surface area contributed by atoms with Crippen molar-refractivity contribution in [1.29, 1.82) is 0 Å². The Bertz CT molecular complexity index is 857. The first-order valence-corrected chi connectivity index (χ1v) is 9.86. The predicted molar refractivity (Wildman–Crippen MR) is 106 cm³/mol. The quantitative estimate of drug-likeness (QED) is 0.581. The number of carbonyl (C=O) groups is 1. The van der Waals surface area contributed by atoms with E-state index in [1.165, 1.54) is 23.1 Å². The molecule has 0 saturated carbocycles. The first-order chi connectivity index (χ1) is 12.5. The summed E-state index contributed by atoms with van der Waals surface area (Å²) in [6.07, 6.45) is 1.63. The van der Waals surface area contributed by atoms with E-state index >= 15 is 0 Å². The maximum absolute atomic E-state index is 12.5. The minimum atomic E-state index is -0.278. The van der Waals surface area contributed by atoms with E-state index in [1.54, 1.807) is 6.26 Å². The zero-order valence-electron chi connectivity index (χ0n) is 14.8. The van der Waals surface area contributed by atoms with Gasteiger partial charge in [-0.3, -0.25) is 4.79 Å². The number of aryl methyl sites for hydroxylation is 2. The highest BCUT2D eigenvalue weighted by molar-refractivity contribution is 8.02. The Labute approximate surface area is 160 Å². The molecule has 0 spiro atoms. The summed E-state index contributed by atoms with van der Waals surface area (Å²) >= 11 is 2.82. The summed E-state index contributed by atoms with van der Waals surface area (Å²) in [4.78, 5) is 12.5. The lowest BCUT2D eigenvalue weighted by Crippen LogP contribution is -2.23. The van der Waals surface area contributed by atoms with Crippen molar-refractivity contribution in [3.8, 4) is 0 Å². The molecule has 1 aromatic carbocycles. The summed E-state index contributed by atoms with van der Waals surface area (Å²) in [6, 6.07) is 9.69. The maximum Gasteiger partial charge on any atom is 0.237 e. The molecule has 2 heterocycles. The molecular weight excluding hydrogens is 368 g/mol. The first kappa shape index (κ1) is 18.5. The van der Waals surface area contributed by atoms with Crippen molar-refractivity contribution < 1.29 is 9.21 Å². The van der Waals surface area contributed by atoms with Crippen LogP contribution in [0.5, 0.6) is 0 Å². The van der Waals surface area contributed by atoms with Crippen molar-refractivity contribution in [2.45, 2.75) is 36.9 Å². The number of thioether (sulfide) groups is 1. The molecule has 0 bridgehead atoms. The number of nitrogens with zero attached hydrogens (tertiary/aromatic N) is 2. The number of hydrogen-bond donors (Lipinski definition) is 2. The average molecular weight is 389 g/mol. The van der Waals surface area contributed by atoms with Gasteiger partial charge in [0.15, 0.2) is 4.34 Å². The van der Waals surface area contributed by atoms with Crippen molar-refractivity contribution in [2.75, 3.05) is 10.6 Å². The second-order valence-electron chi connectivity index (χ2n) is 5.82. The van der Waals surface area contributed by atoms with E-state index in [4.69, 9.17) is 4.42 Å². The molecule has 1 amide bonds. The van der Waals surface area contributed by atoms with Crippen LogP contribution in [0.3, 0.4) is 0 Å². The SMILES string of the molecule is Cc1cccc(C)c1NC(=O)C(C)Sc1nnc(NCc2ccco2)s1. The molecule has 0 saturated heterocycles. The van der Waals surface area contributed by atoms with Crippen LogP contribution in [-0.2, 0) is 11.3 Å². The van der Waals surface area contributed by atoms with E-state index < -0.39 is 0 Å². The fourth-order valence-electron chi connectivity index (χ4n) is 2.35. The van der Waals surface area contributed by atoms with Crippen LogP contribution < -0.4 is 10.6 Å². The predicted octanol–water partition coefficient (Wildman–Crippen LogP) is 4.48. The molecule has 3 rings (SSSR count). The molecule has 0 aliphatic carbocycles. The second-order valence-corrected chi connectivity index (χ2v) is 8.39. The lowest BCUT2D eigenvalue weighted by molar-refractivity contribution is -0.115. The van der Waals surface area contributed by atoms with Gasteiger partial charge >= 0.3 is 0 Å². The van der Waals surface area contributed by atoms with Crippen molar-refractivity contribution in [2.24, 2.45) is 0 Å². The summed E-state index contributed by atoms with van der Waals surface area (Å²) in [7, 11) is 0. The zero-order valence-corrected chi connectivity index (χ0v) is 16.4. The standard InChI is InChI=1S/C18H20N4O2S2/c1-11-6-4-7-12(2)15(11)20-16(23)13(3)25-18-22-21-17(26-18)19-10-14-8-5-9-24-14/h4-9,13H,10H2,1-3H3,(H,19,21)(H,20,23). The summed E-state index contributed by atoms with van der Waals surface area (Å²) < 4.78 is 6.02. The van der Waals surface area contributed by atoms with Gasteiger partial charge in [0, 0.05) is 5.69 Å². The molecule has 1 atom stereocenters. The summed E-state index contributed by atoms with van der Waals surface area (Å²) in [5, 5.41) is 14.8. The molecule has 3 aromatic rings. The lowest BCUT2D eigenvalue weighted by atomic mass is 10.1. The van der Waals surface area contributed by atoms with Gasteiger partial charge in [-0.1, -0.05) is 41.3 Å². The van der Waals surface area contributed by atoms with Gasteiger partial charge in [0.2, 0.25) is 11.0 Å². The average Bonchev–Trinajstić information content (AvgIpc) is 3.28.